The Bertz CT molecular complexity index is 890. The number of fused-ring (bicyclic) bond motifs is 1. The maximum atomic E-state index is 13.1. The Balaban J connectivity index is 1.50. The predicted molar refractivity (Wildman–Crippen MR) is 92.8 cm³/mol. The molecule has 1 aliphatic heterocycles. The van der Waals surface area contributed by atoms with Crippen LogP contribution >= 0.6 is 0 Å². The number of morpholine rings is 1. The molecule has 0 N–H and O–H groups in total. The molecule has 4 rings (SSSR count). The molecule has 1 aromatic carbocycles. The SMILES string of the molecule is Cc1cc(C)n2cc(CN3CCO[C@H](c4ccc(F)cc4)C3)nc2n1. The van der Waals surface area contributed by atoms with Crippen molar-refractivity contribution in [2.45, 2.75) is 26.5 Å². The van der Waals surface area contributed by atoms with Gasteiger partial charge in [0.2, 0.25) is 5.78 Å². The van der Waals surface area contributed by atoms with Gasteiger partial charge in [-0.1, -0.05) is 12.1 Å². The zero-order valence-corrected chi connectivity index (χ0v) is 14.4. The molecule has 5 nitrogen and oxygen atoms in total. The average Bonchev–Trinajstić information content (AvgIpc) is 2.98. The van der Waals surface area contributed by atoms with Crippen LogP contribution < -0.4 is 0 Å². The standard InChI is InChI=1S/C19H21FN4O/c1-13-9-14(2)24-11-17(22-19(24)21-13)10-23-7-8-25-18(12-23)15-3-5-16(20)6-4-15/h3-6,9,11,18H,7-8,10,12H2,1-2H3/t18-/m0/s1. The fourth-order valence-corrected chi connectivity index (χ4v) is 3.35. The van der Waals surface area contributed by atoms with Crippen LogP contribution in [0.1, 0.15) is 28.7 Å². The predicted octanol–water partition coefficient (Wildman–Crippen LogP) is 3.06. The normalized spacial score (nSPS) is 18.8. The van der Waals surface area contributed by atoms with E-state index < -0.39 is 0 Å². The smallest absolute Gasteiger partial charge is 0.234 e. The van der Waals surface area contributed by atoms with Crippen LogP contribution in [0.5, 0.6) is 0 Å². The number of aryl methyl sites for hydroxylation is 2. The van der Waals surface area contributed by atoms with Gasteiger partial charge < -0.3 is 4.74 Å². The first kappa shape index (κ1) is 16.2. The maximum absolute atomic E-state index is 13.1. The molecule has 6 heteroatoms. The first-order valence-corrected chi connectivity index (χ1v) is 8.50. The third kappa shape index (κ3) is 3.41. The molecule has 0 radical (unpaired) electrons. The van der Waals surface area contributed by atoms with Crippen molar-refractivity contribution in [1.82, 2.24) is 19.3 Å². The lowest BCUT2D eigenvalue weighted by Crippen LogP contribution is -2.37. The summed E-state index contributed by atoms with van der Waals surface area (Å²) in [6.07, 6.45) is 2.02. The first-order chi connectivity index (χ1) is 12.1. The first-order valence-electron chi connectivity index (χ1n) is 8.50. The molecule has 0 aliphatic carbocycles. The summed E-state index contributed by atoms with van der Waals surface area (Å²) in [6, 6.07) is 8.61. The van der Waals surface area contributed by atoms with Crippen molar-refractivity contribution >= 4 is 5.78 Å². The van der Waals surface area contributed by atoms with Gasteiger partial charge in [-0.15, -0.1) is 0 Å². The van der Waals surface area contributed by atoms with E-state index in [0.29, 0.717) is 6.61 Å². The third-order valence-corrected chi connectivity index (χ3v) is 4.59. The summed E-state index contributed by atoms with van der Waals surface area (Å²) in [7, 11) is 0. The minimum Gasteiger partial charge on any atom is -0.371 e. The van der Waals surface area contributed by atoms with Crippen molar-refractivity contribution in [2.24, 2.45) is 0 Å². The number of aromatic nitrogens is 3. The van der Waals surface area contributed by atoms with Crippen LogP contribution in [0, 0.1) is 19.7 Å². The van der Waals surface area contributed by atoms with Crippen LogP contribution in [0.25, 0.3) is 5.78 Å². The van der Waals surface area contributed by atoms with Crippen molar-refractivity contribution in [3.8, 4) is 0 Å². The highest BCUT2D eigenvalue weighted by Crippen LogP contribution is 2.23. The van der Waals surface area contributed by atoms with Gasteiger partial charge in [0.05, 0.1) is 18.4 Å². The molecule has 0 bridgehead atoms. The molecular formula is C19H21FN4O. The molecule has 0 amide bonds. The molecule has 25 heavy (non-hydrogen) atoms. The van der Waals surface area contributed by atoms with Crippen molar-refractivity contribution in [3.63, 3.8) is 0 Å². The highest BCUT2D eigenvalue weighted by Gasteiger charge is 2.23. The van der Waals surface area contributed by atoms with E-state index in [4.69, 9.17) is 4.74 Å². The summed E-state index contributed by atoms with van der Waals surface area (Å²) in [4.78, 5) is 11.5. The van der Waals surface area contributed by atoms with Gasteiger partial charge in [-0.25, -0.2) is 14.4 Å². The minimum atomic E-state index is -0.223. The van der Waals surface area contributed by atoms with Gasteiger partial charge >= 0.3 is 0 Å². The Hall–Kier alpha value is -2.31. The van der Waals surface area contributed by atoms with E-state index in [1.165, 1.54) is 12.1 Å². The zero-order chi connectivity index (χ0) is 17.4. The van der Waals surface area contributed by atoms with Gasteiger partial charge in [0.25, 0.3) is 0 Å². The van der Waals surface area contributed by atoms with Gasteiger partial charge in [-0.3, -0.25) is 9.30 Å². The number of rotatable bonds is 3. The number of halogens is 1. The van der Waals surface area contributed by atoms with E-state index in [0.717, 1.165) is 48.1 Å². The summed E-state index contributed by atoms with van der Waals surface area (Å²) >= 11 is 0. The van der Waals surface area contributed by atoms with Crippen LogP contribution in [0.15, 0.2) is 36.5 Å². The fourth-order valence-electron chi connectivity index (χ4n) is 3.35. The Morgan fingerprint density at radius 3 is 2.80 bits per heavy atom. The van der Waals surface area contributed by atoms with E-state index in [-0.39, 0.29) is 11.9 Å². The summed E-state index contributed by atoms with van der Waals surface area (Å²) in [5.74, 6) is 0.523. The van der Waals surface area contributed by atoms with E-state index in [1.54, 1.807) is 12.1 Å². The fraction of sp³-hybridized carbons (Fsp3) is 0.368. The molecule has 1 fully saturated rings. The van der Waals surface area contributed by atoms with E-state index in [2.05, 4.69) is 34.1 Å². The molecule has 130 valence electrons. The lowest BCUT2D eigenvalue weighted by molar-refractivity contribution is -0.0332. The van der Waals surface area contributed by atoms with Crippen LogP contribution in [0.3, 0.4) is 0 Å². The number of nitrogens with zero attached hydrogens (tertiary/aromatic N) is 4. The van der Waals surface area contributed by atoms with Gasteiger partial charge in [0.15, 0.2) is 0 Å². The molecule has 3 aromatic rings. The quantitative estimate of drug-likeness (QED) is 0.735. The largest absolute Gasteiger partial charge is 0.371 e. The van der Waals surface area contributed by atoms with Crippen LogP contribution in [0.2, 0.25) is 0 Å². The maximum Gasteiger partial charge on any atom is 0.234 e. The number of ether oxygens (including phenoxy) is 1. The van der Waals surface area contributed by atoms with Crippen LogP contribution in [0.4, 0.5) is 4.39 Å². The van der Waals surface area contributed by atoms with Crippen molar-refractivity contribution < 1.29 is 9.13 Å². The number of imidazole rings is 1. The summed E-state index contributed by atoms with van der Waals surface area (Å²) < 4.78 is 21.0. The highest BCUT2D eigenvalue weighted by atomic mass is 19.1. The Morgan fingerprint density at radius 2 is 2.00 bits per heavy atom. The Labute approximate surface area is 146 Å². The molecule has 2 aromatic heterocycles. The monoisotopic (exact) mass is 340 g/mol. The second-order valence-corrected chi connectivity index (χ2v) is 6.59. The summed E-state index contributed by atoms with van der Waals surface area (Å²) in [5, 5.41) is 0. The lowest BCUT2D eigenvalue weighted by atomic mass is 10.1. The van der Waals surface area contributed by atoms with E-state index in [9.17, 15) is 4.39 Å². The van der Waals surface area contributed by atoms with Gasteiger partial charge in [-0.05, 0) is 37.6 Å². The number of hydrogen-bond donors (Lipinski definition) is 0. The van der Waals surface area contributed by atoms with Gasteiger partial charge in [0, 0.05) is 37.2 Å². The third-order valence-electron chi connectivity index (χ3n) is 4.59. The van der Waals surface area contributed by atoms with Gasteiger partial charge in [-0.2, -0.15) is 0 Å². The Morgan fingerprint density at radius 1 is 1.20 bits per heavy atom. The average molecular weight is 340 g/mol. The van der Waals surface area contributed by atoms with E-state index >= 15 is 0 Å². The number of benzene rings is 1. The summed E-state index contributed by atoms with van der Waals surface area (Å²) in [5.41, 5.74) is 4.12. The minimum absolute atomic E-state index is 0.0338. The highest BCUT2D eigenvalue weighted by molar-refractivity contribution is 5.34. The topological polar surface area (TPSA) is 42.7 Å². The summed E-state index contributed by atoms with van der Waals surface area (Å²) in [6.45, 7) is 7.08. The molecule has 1 atom stereocenters. The molecule has 1 aliphatic rings. The Kier molecular flexibility index (Phi) is 4.23. The molecule has 3 heterocycles. The van der Waals surface area contributed by atoms with Crippen molar-refractivity contribution in [1.29, 1.82) is 0 Å². The molecule has 1 saturated heterocycles. The molecule has 0 saturated carbocycles. The van der Waals surface area contributed by atoms with Crippen molar-refractivity contribution in [3.05, 3.63) is 65.0 Å². The molecular weight excluding hydrogens is 319 g/mol. The van der Waals surface area contributed by atoms with Crippen molar-refractivity contribution in [2.75, 3.05) is 19.7 Å². The second-order valence-electron chi connectivity index (χ2n) is 6.59. The lowest BCUT2D eigenvalue weighted by Gasteiger charge is -2.32. The van der Waals surface area contributed by atoms with Crippen LogP contribution in [-0.4, -0.2) is 39.0 Å². The second kappa shape index (κ2) is 6.54. The zero-order valence-electron chi connectivity index (χ0n) is 14.4. The van der Waals surface area contributed by atoms with Gasteiger partial charge in [0.1, 0.15) is 5.82 Å². The number of hydrogen-bond acceptors (Lipinski definition) is 4. The van der Waals surface area contributed by atoms with E-state index in [1.807, 2.05) is 11.3 Å². The molecule has 0 spiro atoms. The van der Waals surface area contributed by atoms with Crippen LogP contribution in [-0.2, 0) is 11.3 Å². The molecule has 0 unspecified atom stereocenters.